The number of carbonyl (C=O) groups excluding carboxylic acids is 1. The number of ether oxygens (including phenoxy) is 1. The smallest absolute Gasteiger partial charge is 0.364 e. The standard InChI is InChI=1S/C14H17F3N2O2/c1-13(6-7-18)9-19(12(20)8-21-13)11-4-2-10(3-5-11)14(15,16)17/h2-5H,6-9,18H2,1H3. The Labute approximate surface area is 120 Å². The van der Waals surface area contributed by atoms with Crippen molar-refractivity contribution in [2.24, 2.45) is 5.73 Å². The summed E-state index contributed by atoms with van der Waals surface area (Å²) in [6, 6.07) is 4.54. The first-order chi connectivity index (χ1) is 9.75. The number of benzene rings is 1. The highest BCUT2D eigenvalue weighted by atomic mass is 19.4. The minimum Gasteiger partial charge on any atom is -0.364 e. The molecular weight excluding hydrogens is 285 g/mol. The minimum absolute atomic E-state index is 0.0997. The molecule has 1 fully saturated rings. The summed E-state index contributed by atoms with van der Waals surface area (Å²) >= 11 is 0. The van der Waals surface area contributed by atoms with Crippen LogP contribution in [0.5, 0.6) is 0 Å². The number of halogens is 3. The van der Waals surface area contributed by atoms with Crippen molar-refractivity contribution >= 4 is 11.6 Å². The Bertz CT molecular complexity index is 516. The maximum absolute atomic E-state index is 12.5. The van der Waals surface area contributed by atoms with Gasteiger partial charge in [-0.2, -0.15) is 13.2 Å². The number of hydrogen-bond donors (Lipinski definition) is 1. The second-order valence-electron chi connectivity index (χ2n) is 5.30. The van der Waals surface area contributed by atoms with Gasteiger partial charge in [0.2, 0.25) is 0 Å². The van der Waals surface area contributed by atoms with Gasteiger partial charge in [-0.15, -0.1) is 0 Å². The van der Waals surface area contributed by atoms with Crippen molar-refractivity contribution in [2.45, 2.75) is 25.1 Å². The monoisotopic (exact) mass is 302 g/mol. The van der Waals surface area contributed by atoms with Gasteiger partial charge in [0.25, 0.3) is 5.91 Å². The van der Waals surface area contributed by atoms with Crippen molar-refractivity contribution in [1.29, 1.82) is 0 Å². The normalized spacial score (nSPS) is 23.5. The highest BCUT2D eigenvalue weighted by Gasteiger charge is 2.36. The average Bonchev–Trinajstić information content (AvgIpc) is 2.41. The van der Waals surface area contributed by atoms with Gasteiger partial charge >= 0.3 is 6.18 Å². The van der Waals surface area contributed by atoms with E-state index >= 15 is 0 Å². The first-order valence-electron chi connectivity index (χ1n) is 6.57. The Kier molecular flexibility index (Phi) is 4.25. The van der Waals surface area contributed by atoms with Gasteiger partial charge in [0.15, 0.2) is 0 Å². The van der Waals surface area contributed by atoms with Crippen molar-refractivity contribution in [3.63, 3.8) is 0 Å². The highest BCUT2D eigenvalue weighted by Crippen LogP contribution is 2.32. The van der Waals surface area contributed by atoms with Crippen LogP contribution < -0.4 is 10.6 Å². The summed E-state index contributed by atoms with van der Waals surface area (Å²) in [4.78, 5) is 13.4. The molecule has 1 amide bonds. The van der Waals surface area contributed by atoms with Gasteiger partial charge in [-0.1, -0.05) is 0 Å². The lowest BCUT2D eigenvalue weighted by Gasteiger charge is -2.40. The van der Waals surface area contributed by atoms with Crippen molar-refractivity contribution in [3.05, 3.63) is 29.8 Å². The molecule has 2 N–H and O–H groups in total. The van der Waals surface area contributed by atoms with Crippen LogP contribution >= 0.6 is 0 Å². The molecule has 1 unspecified atom stereocenters. The zero-order valence-electron chi connectivity index (χ0n) is 11.6. The number of alkyl halides is 3. The SMILES string of the molecule is CC1(CCN)CN(c2ccc(C(F)(F)F)cc2)C(=O)CO1. The lowest BCUT2D eigenvalue weighted by molar-refractivity contribution is -0.137. The first-order valence-corrected chi connectivity index (χ1v) is 6.57. The number of morpholine rings is 1. The Morgan fingerprint density at radius 2 is 1.95 bits per heavy atom. The van der Waals surface area contributed by atoms with Gasteiger partial charge in [-0.25, -0.2) is 0 Å². The molecular formula is C14H17F3N2O2. The van der Waals surface area contributed by atoms with Gasteiger partial charge in [0.05, 0.1) is 17.7 Å². The van der Waals surface area contributed by atoms with Crippen LogP contribution in [-0.4, -0.2) is 31.2 Å². The number of nitrogens with two attached hydrogens (primary N) is 1. The number of amides is 1. The predicted molar refractivity (Wildman–Crippen MR) is 71.8 cm³/mol. The van der Waals surface area contributed by atoms with E-state index in [0.29, 0.717) is 18.7 Å². The summed E-state index contributed by atoms with van der Waals surface area (Å²) in [6.07, 6.45) is -3.82. The second kappa shape index (κ2) is 5.65. The molecule has 116 valence electrons. The van der Waals surface area contributed by atoms with Gasteiger partial charge < -0.3 is 15.4 Å². The van der Waals surface area contributed by atoms with E-state index in [4.69, 9.17) is 10.5 Å². The Morgan fingerprint density at radius 3 is 2.48 bits per heavy atom. The molecule has 0 aromatic heterocycles. The van der Waals surface area contributed by atoms with Gasteiger partial charge in [-0.3, -0.25) is 4.79 Å². The van der Waals surface area contributed by atoms with Crippen LogP contribution in [0.2, 0.25) is 0 Å². The van der Waals surface area contributed by atoms with E-state index in [0.717, 1.165) is 12.1 Å². The van der Waals surface area contributed by atoms with Gasteiger partial charge in [0, 0.05) is 5.69 Å². The van der Waals surface area contributed by atoms with E-state index in [2.05, 4.69) is 0 Å². The molecule has 1 aliphatic rings. The van der Waals surface area contributed by atoms with Crippen LogP contribution in [0, 0.1) is 0 Å². The molecule has 1 aromatic carbocycles. The molecule has 7 heteroatoms. The van der Waals surface area contributed by atoms with E-state index in [1.54, 1.807) is 0 Å². The third-order valence-corrected chi connectivity index (χ3v) is 3.52. The molecule has 0 bridgehead atoms. The molecule has 1 aliphatic heterocycles. The number of nitrogens with zero attached hydrogens (tertiary/aromatic N) is 1. The van der Waals surface area contributed by atoms with E-state index in [9.17, 15) is 18.0 Å². The highest BCUT2D eigenvalue weighted by molar-refractivity contribution is 5.95. The zero-order chi connectivity index (χ0) is 15.7. The molecule has 1 saturated heterocycles. The third kappa shape index (κ3) is 3.54. The maximum atomic E-state index is 12.5. The van der Waals surface area contributed by atoms with Crippen molar-refractivity contribution in [3.8, 4) is 0 Å². The molecule has 0 radical (unpaired) electrons. The summed E-state index contributed by atoms with van der Waals surface area (Å²) in [7, 11) is 0. The molecule has 0 saturated carbocycles. The molecule has 0 spiro atoms. The van der Waals surface area contributed by atoms with E-state index < -0.39 is 17.3 Å². The zero-order valence-corrected chi connectivity index (χ0v) is 11.6. The maximum Gasteiger partial charge on any atom is 0.416 e. The first kappa shape index (κ1) is 15.8. The summed E-state index contributed by atoms with van der Waals surface area (Å²) in [5.74, 6) is -0.274. The number of anilines is 1. The second-order valence-corrected chi connectivity index (χ2v) is 5.30. The van der Waals surface area contributed by atoms with Crippen molar-refractivity contribution in [2.75, 3.05) is 24.6 Å². The Balaban J connectivity index is 2.21. The molecule has 21 heavy (non-hydrogen) atoms. The average molecular weight is 302 g/mol. The van der Waals surface area contributed by atoms with Crippen LogP contribution in [0.1, 0.15) is 18.9 Å². The lowest BCUT2D eigenvalue weighted by Crippen LogP contribution is -2.54. The van der Waals surface area contributed by atoms with E-state index in [1.807, 2.05) is 6.92 Å². The van der Waals surface area contributed by atoms with Crippen LogP contribution in [0.4, 0.5) is 18.9 Å². The molecule has 4 nitrogen and oxygen atoms in total. The summed E-state index contributed by atoms with van der Waals surface area (Å²) < 4.78 is 43.1. The largest absolute Gasteiger partial charge is 0.416 e. The fraction of sp³-hybridized carbons (Fsp3) is 0.500. The molecule has 2 rings (SSSR count). The van der Waals surface area contributed by atoms with Crippen molar-refractivity contribution < 1.29 is 22.7 Å². The fourth-order valence-electron chi connectivity index (χ4n) is 2.30. The van der Waals surface area contributed by atoms with Gasteiger partial charge in [-0.05, 0) is 44.2 Å². The minimum atomic E-state index is -4.39. The van der Waals surface area contributed by atoms with E-state index in [1.165, 1.54) is 17.0 Å². The Hall–Kier alpha value is -1.60. The fourth-order valence-corrected chi connectivity index (χ4v) is 2.30. The molecule has 0 aliphatic carbocycles. The third-order valence-electron chi connectivity index (χ3n) is 3.52. The summed E-state index contributed by atoms with van der Waals surface area (Å²) in [5.41, 5.74) is 4.64. The Morgan fingerprint density at radius 1 is 1.33 bits per heavy atom. The van der Waals surface area contributed by atoms with E-state index in [-0.39, 0.29) is 19.1 Å². The number of rotatable bonds is 3. The predicted octanol–water partition coefficient (Wildman–Crippen LogP) is 2.18. The number of carbonyl (C=O) groups is 1. The quantitative estimate of drug-likeness (QED) is 0.931. The van der Waals surface area contributed by atoms with Crippen LogP contribution in [-0.2, 0) is 15.7 Å². The van der Waals surface area contributed by atoms with Crippen LogP contribution in [0.3, 0.4) is 0 Å². The topological polar surface area (TPSA) is 55.6 Å². The molecule has 1 aromatic rings. The van der Waals surface area contributed by atoms with Gasteiger partial charge in [0.1, 0.15) is 6.61 Å². The summed E-state index contributed by atoms with van der Waals surface area (Å²) in [6.45, 7) is 2.42. The van der Waals surface area contributed by atoms with Crippen molar-refractivity contribution in [1.82, 2.24) is 0 Å². The number of hydrogen-bond acceptors (Lipinski definition) is 3. The van der Waals surface area contributed by atoms with Crippen LogP contribution in [0.15, 0.2) is 24.3 Å². The summed E-state index contributed by atoms with van der Waals surface area (Å²) in [5, 5.41) is 0. The lowest BCUT2D eigenvalue weighted by atomic mass is 9.99. The molecule has 1 atom stereocenters. The van der Waals surface area contributed by atoms with Crippen LogP contribution in [0.25, 0.3) is 0 Å². The molecule has 1 heterocycles.